The Kier molecular flexibility index (Phi) is 15.4. The van der Waals surface area contributed by atoms with Crippen LogP contribution in [0.4, 0.5) is 0 Å². The lowest BCUT2D eigenvalue weighted by Gasteiger charge is -2.30. The van der Waals surface area contributed by atoms with Crippen LogP contribution in [0.15, 0.2) is 0 Å². The zero-order chi connectivity index (χ0) is 26.4. The smallest absolute Gasteiger partial charge is 0.308 e. The summed E-state index contributed by atoms with van der Waals surface area (Å²) < 4.78 is 4.89. The molecule has 0 unspecified atom stereocenters. The minimum absolute atomic E-state index is 0.150. The van der Waals surface area contributed by atoms with Crippen molar-refractivity contribution >= 4 is 23.7 Å². The largest absolute Gasteiger partial charge is 0.466 e. The molecule has 4 atom stereocenters. The van der Waals surface area contributed by atoms with Gasteiger partial charge in [0.15, 0.2) is 0 Å². The van der Waals surface area contributed by atoms with Crippen LogP contribution < -0.4 is 21.7 Å². The van der Waals surface area contributed by atoms with Crippen LogP contribution in [-0.2, 0) is 23.9 Å². The summed E-state index contributed by atoms with van der Waals surface area (Å²) in [4.78, 5) is 50.1. The number of nitrogens with one attached hydrogen (secondary N) is 3. The molecule has 0 bridgehead atoms. The van der Waals surface area contributed by atoms with Crippen LogP contribution in [0, 0.1) is 17.8 Å². The van der Waals surface area contributed by atoms with Gasteiger partial charge >= 0.3 is 5.97 Å². The quantitative estimate of drug-likeness (QED) is 0.202. The first-order chi connectivity index (χ1) is 15.8. The monoisotopic (exact) mass is 486 g/mol. The fourth-order valence-corrected chi connectivity index (χ4v) is 3.42. The van der Waals surface area contributed by atoms with Gasteiger partial charge in [0.1, 0.15) is 12.1 Å². The van der Waals surface area contributed by atoms with E-state index >= 15 is 0 Å². The Bertz CT molecular complexity index is 653. The summed E-state index contributed by atoms with van der Waals surface area (Å²) >= 11 is 0. The minimum Gasteiger partial charge on any atom is -0.466 e. The van der Waals surface area contributed by atoms with Crippen molar-refractivity contribution in [3.63, 3.8) is 0 Å². The predicted molar refractivity (Wildman–Crippen MR) is 130 cm³/mol. The maximum Gasteiger partial charge on any atom is 0.308 e. The first kappa shape index (κ1) is 31.8. The Morgan fingerprint density at radius 2 is 1.38 bits per heavy atom. The molecule has 3 amide bonds. The molecule has 0 aromatic heterocycles. The second-order valence-corrected chi connectivity index (χ2v) is 9.74. The molecule has 0 aromatic rings. The molecule has 0 heterocycles. The van der Waals surface area contributed by atoms with Crippen LogP contribution in [0.5, 0.6) is 0 Å². The number of amides is 3. The summed E-state index contributed by atoms with van der Waals surface area (Å²) in [6.07, 6.45) is -0.232. The molecule has 10 heteroatoms. The molecule has 0 aliphatic heterocycles. The highest BCUT2D eigenvalue weighted by Gasteiger charge is 2.32. The van der Waals surface area contributed by atoms with Gasteiger partial charge in [-0.1, -0.05) is 41.5 Å². The second-order valence-electron chi connectivity index (χ2n) is 9.74. The Labute approximate surface area is 204 Å². The SMILES string of the molecule is CCOC(=O)C[C@H](O)[C@H](CCCN)NC(=O)[C@@H](NC(=O)[C@@H](NC(=O)CC(C)C)C(C)C)C(C)C. The normalized spacial score (nSPS) is 14.9. The van der Waals surface area contributed by atoms with Crippen LogP contribution in [0.3, 0.4) is 0 Å². The molecule has 0 aromatic carbocycles. The average Bonchev–Trinajstić information content (AvgIpc) is 2.71. The summed E-state index contributed by atoms with van der Waals surface area (Å²) in [7, 11) is 0. The fourth-order valence-electron chi connectivity index (χ4n) is 3.42. The molecule has 0 saturated carbocycles. The van der Waals surface area contributed by atoms with Gasteiger partial charge in [-0.05, 0) is 44.1 Å². The lowest BCUT2D eigenvalue weighted by molar-refractivity contribution is -0.146. The molecule has 0 saturated heterocycles. The van der Waals surface area contributed by atoms with E-state index in [1.807, 2.05) is 27.7 Å². The van der Waals surface area contributed by atoms with E-state index in [0.29, 0.717) is 25.8 Å². The van der Waals surface area contributed by atoms with E-state index in [2.05, 4.69) is 16.0 Å². The van der Waals surface area contributed by atoms with E-state index in [0.717, 1.165) is 0 Å². The molecular formula is C24H46N4O6. The van der Waals surface area contributed by atoms with Gasteiger partial charge in [-0.2, -0.15) is 0 Å². The average molecular weight is 487 g/mol. The molecule has 198 valence electrons. The number of aliphatic hydroxyl groups is 1. The van der Waals surface area contributed by atoms with Crippen LogP contribution >= 0.6 is 0 Å². The molecule has 0 radical (unpaired) electrons. The maximum atomic E-state index is 13.1. The van der Waals surface area contributed by atoms with Gasteiger partial charge in [0, 0.05) is 6.42 Å². The molecule has 0 aliphatic rings. The zero-order valence-corrected chi connectivity index (χ0v) is 21.8. The summed E-state index contributed by atoms with van der Waals surface area (Å²) in [6.45, 7) is 13.3. The van der Waals surface area contributed by atoms with E-state index in [1.165, 1.54) is 0 Å². The van der Waals surface area contributed by atoms with Crippen LogP contribution in [0.1, 0.15) is 74.1 Å². The second kappa shape index (κ2) is 16.4. The predicted octanol–water partition coefficient (Wildman–Crippen LogP) is 0.852. The van der Waals surface area contributed by atoms with Gasteiger partial charge in [-0.25, -0.2) is 0 Å². The van der Waals surface area contributed by atoms with Crippen LogP contribution in [0.2, 0.25) is 0 Å². The standard InChI is InChI=1S/C24H46N4O6/c1-8-34-20(31)13-18(29)17(10-9-11-25)26-23(32)22(16(6)7)28-24(33)21(15(4)5)27-19(30)12-14(2)3/h14-18,21-22,29H,8-13,25H2,1-7H3,(H,26,32)(H,27,30)(H,28,33)/t17-,18-,21-,22-/m0/s1. The van der Waals surface area contributed by atoms with Crippen LogP contribution in [-0.4, -0.2) is 66.2 Å². The lowest BCUT2D eigenvalue weighted by atomic mass is 9.97. The van der Waals surface area contributed by atoms with Crippen molar-refractivity contribution in [1.82, 2.24) is 16.0 Å². The first-order valence-corrected chi connectivity index (χ1v) is 12.3. The van der Waals surface area contributed by atoms with Crippen molar-refractivity contribution in [2.45, 2.75) is 98.4 Å². The molecule has 6 N–H and O–H groups in total. The van der Waals surface area contributed by atoms with Gasteiger partial charge in [-0.15, -0.1) is 0 Å². The molecule has 10 nitrogen and oxygen atoms in total. The molecule has 0 rings (SSSR count). The Morgan fingerprint density at radius 3 is 1.85 bits per heavy atom. The maximum absolute atomic E-state index is 13.1. The Hall–Kier alpha value is -2.20. The Balaban J connectivity index is 5.41. The summed E-state index contributed by atoms with van der Waals surface area (Å²) in [5.74, 6) is -2.02. The van der Waals surface area contributed by atoms with Gasteiger partial charge in [0.25, 0.3) is 0 Å². The number of hydrogen-bond donors (Lipinski definition) is 5. The molecular weight excluding hydrogens is 440 g/mol. The van der Waals surface area contributed by atoms with Crippen molar-refractivity contribution in [3.05, 3.63) is 0 Å². The number of carbonyl (C=O) groups is 4. The molecule has 0 fully saturated rings. The summed E-state index contributed by atoms with van der Waals surface area (Å²) in [5, 5.41) is 18.8. The van der Waals surface area contributed by atoms with E-state index in [9.17, 15) is 24.3 Å². The molecule has 0 spiro atoms. The molecule has 0 aliphatic carbocycles. The number of ether oxygens (including phenoxy) is 1. The van der Waals surface area contributed by atoms with E-state index in [1.54, 1.807) is 20.8 Å². The van der Waals surface area contributed by atoms with E-state index in [-0.39, 0.29) is 36.7 Å². The first-order valence-electron chi connectivity index (χ1n) is 12.3. The topological polar surface area (TPSA) is 160 Å². The van der Waals surface area contributed by atoms with Crippen molar-refractivity contribution in [2.24, 2.45) is 23.5 Å². The highest BCUT2D eigenvalue weighted by molar-refractivity contribution is 5.92. The van der Waals surface area contributed by atoms with Gasteiger partial charge in [-0.3, -0.25) is 19.2 Å². The van der Waals surface area contributed by atoms with E-state index < -0.39 is 42.0 Å². The van der Waals surface area contributed by atoms with Crippen LogP contribution in [0.25, 0.3) is 0 Å². The number of esters is 1. The van der Waals surface area contributed by atoms with Crippen molar-refractivity contribution in [2.75, 3.05) is 13.2 Å². The fraction of sp³-hybridized carbons (Fsp3) is 0.833. The lowest BCUT2D eigenvalue weighted by Crippen LogP contribution is -2.58. The third kappa shape index (κ3) is 12.3. The highest BCUT2D eigenvalue weighted by Crippen LogP contribution is 2.11. The summed E-state index contributed by atoms with van der Waals surface area (Å²) in [6, 6.07) is -2.42. The summed E-state index contributed by atoms with van der Waals surface area (Å²) in [5.41, 5.74) is 5.58. The zero-order valence-electron chi connectivity index (χ0n) is 21.8. The highest BCUT2D eigenvalue weighted by atomic mass is 16.5. The van der Waals surface area contributed by atoms with E-state index in [4.69, 9.17) is 10.5 Å². The van der Waals surface area contributed by atoms with Crippen molar-refractivity contribution in [3.8, 4) is 0 Å². The van der Waals surface area contributed by atoms with Gasteiger partial charge in [0.05, 0.1) is 25.2 Å². The third-order valence-electron chi connectivity index (χ3n) is 5.30. The number of nitrogens with two attached hydrogens (primary N) is 1. The minimum atomic E-state index is -1.16. The third-order valence-corrected chi connectivity index (χ3v) is 5.30. The number of aliphatic hydroxyl groups excluding tert-OH is 1. The Morgan fingerprint density at radius 1 is 0.853 bits per heavy atom. The van der Waals surface area contributed by atoms with Gasteiger partial charge in [0.2, 0.25) is 17.7 Å². The number of carbonyl (C=O) groups excluding carboxylic acids is 4. The van der Waals surface area contributed by atoms with Crippen molar-refractivity contribution < 1.29 is 29.0 Å². The molecule has 34 heavy (non-hydrogen) atoms. The van der Waals surface area contributed by atoms with Gasteiger partial charge < -0.3 is 31.5 Å². The van der Waals surface area contributed by atoms with Crippen molar-refractivity contribution in [1.29, 1.82) is 0 Å². The number of rotatable bonds is 16. The number of hydrogen-bond acceptors (Lipinski definition) is 7.